The van der Waals surface area contributed by atoms with E-state index in [1.807, 2.05) is 54.6 Å². The molecule has 0 aliphatic carbocycles. The van der Waals surface area contributed by atoms with Crippen LogP contribution in [0.5, 0.6) is 0 Å². The molecule has 2 aromatic rings. The van der Waals surface area contributed by atoms with Crippen LogP contribution in [0.3, 0.4) is 0 Å². The van der Waals surface area contributed by atoms with Crippen molar-refractivity contribution in [3.05, 3.63) is 60.2 Å². The summed E-state index contributed by atoms with van der Waals surface area (Å²) in [6.45, 7) is 1.51. The van der Waals surface area contributed by atoms with Gasteiger partial charge in [-0.05, 0) is 6.42 Å². The zero-order chi connectivity index (χ0) is 11.5. The monoisotopic (exact) mass is 274 g/mol. The normalized spacial score (nSPS) is 9.00. The fourth-order valence-corrected chi connectivity index (χ4v) is 1.19. The number of hydrogen-bond donors (Lipinski definition) is 1. The topological polar surface area (TPSA) is 29.5 Å². The summed E-state index contributed by atoms with van der Waals surface area (Å²) in [7, 11) is 0. The van der Waals surface area contributed by atoms with Crippen LogP contribution in [-0.2, 0) is 28.4 Å². The predicted molar refractivity (Wildman–Crippen MR) is 65.4 cm³/mol. The molecule has 17 heavy (non-hydrogen) atoms. The van der Waals surface area contributed by atoms with Crippen molar-refractivity contribution in [3.63, 3.8) is 0 Å². The number of rotatable bonds is 5. The second-order valence-electron chi connectivity index (χ2n) is 3.39. The van der Waals surface area contributed by atoms with Gasteiger partial charge in [-0.3, -0.25) is 0 Å². The molecule has 3 heteroatoms. The van der Waals surface area contributed by atoms with Gasteiger partial charge in [-0.25, -0.2) is 24.3 Å². The summed E-state index contributed by atoms with van der Waals surface area (Å²) in [5, 5.41) is 8.44. The Bertz CT molecular complexity index is 297. The second-order valence-corrected chi connectivity index (χ2v) is 3.39. The molecule has 0 saturated heterocycles. The van der Waals surface area contributed by atoms with Gasteiger partial charge in [0.1, 0.15) is 0 Å². The Labute approximate surface area is 113 Å². The van der Waals surface area contributed by atoms with Crippen LogP contribution in [0, 0.1) is 0 Å². The molecule has 0 unspecified atom stereocenters. The molecular formula is C14H18FeO2. The van der Waals surface area contributed by atoms with Gasteiger partial charge in [0, 0.05) is 19.8 Å². The van der Waals surface area contributed by atoms with Crippen LogP contribution in [0.1, 0.15) is 12.0 Å². The van der Waals surface area contributed by atoms with Crippen molar-refractivity contribution in [1.29, 1.82) is 0 Å². The molecule has 2 aromatic carbocycles. The van der Waals surface area contributed by atoms with E-state index in [1.54, 1.807) is 0 Å². The molecule has 0 atom stereocenters. The van der Waals surface area contributed by atoms with E-state index in [1.165, 1.54) is 5.56 Å². The minimum Gasteiger partial charge on any atom is -0.396 e. The first-order valence-corrected chi connectivity index (χ1v) is 5.49. The zero-order valence-corrected chi connectivity index (χ0v) is 10.8. The average Bonchev–Trinajstić information content (AvgIpc) is 2.99. The van der Waals surface area contributed by atoms with E-state index in [-0.39, 0.29) is 23.7 Å². The van der Waals surface area contributed by atoms with E-state index in [0.717, 1.165) is 6.42 Å². The third-order valence-electron chi connectivity index (χ3n) is 2.00. The van der Waals surface area contributed by atoms with Gasteiger partial charge in [-0.15, -0.1) is 5.56 Å². The minimum absolute atomic E-state index is 0. The fourth-order valence-electron chi connectivity index (χ4n) is 1.19. The Balaban J connectivity index is 0.000000360. The first-order valence-electron chi connectivity index (χ1n) is 5.49. The van der Waals surface area contributed by atoms with Crippen LogP contribution in [0.4, 0.5) is 0 Å². The Morgan fingerprint density at radius 3 is 2.35 bits per heavy atom. The van der Waals surface area contributed by atoms with Crippen molar-refractivity contribution in [2.75, 3.05) is 13.2 Å². The van der Waals surface area contributed by atoms with E-state index in [4.69, 9.17) is 9.84 Å². The molecule has 1 N–H and O–H groups in total. The zero-order valence-electron chi connectivity index (χ0n) is 9.73. The number of ether oxygens (including phenoxy) is 1. The molecule has 0 aromatic heterocycles. The largest absolute Gasteiger partial charge is 2.00 e. The van der Waals surface area contributed by atoms with Crippen LogP contribution in [0.2, 0.25) is 0 Å². The third-order valence-corrected chi connectivity index (χ3v) is 2.00. The molecule has 0 aliphatic rings. The first kappa shape index (κ1) is 16.1. The molecule has 94 valence electrons. The summed E-state index contributed by atoms with van der Waals surface area (Å²) in [4.78, 5) is 0. The fraction of sp³-hybridized carbons (Fsp3) is 0.286. The van der Waals surface area contributed by atoms with E-state index in [2.05, 4.69) is 0 Å². The van der Waals surface area contributed by atoms with Gasteiger partial charge in [-0.2, -0.15) is 30.3 Å². The third kappa shape index (κ3) is 8.90. The predicted octanol–water partition coefficient (Wildman–Crippen LogP) is 2.71. The maximum atomic E-state index is 8.44. The Kier molecular flexibility index (Phi) is 11.0. The van der Waals surface area contributed by atoms with E-state index in [0.29, 0.717) is 13.2 Å². The quantitative estimate of drug-likeness (QED) is 0.516. The van der Waals surface area contributed by atoms with Crippen LogP contribution in [-0.4, -0.2) is 18.3 Å². The Morgan fingerprint density at radius 2 is 1.88 bits per heavy atom. The van der Waals surface area contributed by atoms with Gasteiger partial charge in [0.15, 0.2) is 0 Å². The van der Waals surface area contributed by atoms with Crippen molar-refractivity contribution >= 4 is 0 Å². The minimum atomic E-state index is 0. The summed E-state index contributed by atoms with van der Waals surface area (Å²) in [5.41, 5.74) is 1.20. The molecule has 0 heterocycles. The van der Waals surface area contributed by atoms with E-state index >= 15 is 0 Å². The molecule has 0 saturated carbocycles. The van der Waals surface area contributed by atoms with Crippen LogP contribution < -0.4 is 0 Å². The summed E-state index contributed by atoms with van der Waals surface area (Å²) in [5.74, 6) is 0. The summed E-state index contributed by atoms with van der Waals surface area (Å²) in [6, 6.07) is 18.0. The Hall–Kier alpha value is -0.861. The molecule has 0 radical (unpaired) electrons. The van der Waals surface area contributed by atoms with Crippen molar-refractivity contribution < 1.29 is 26.9 Å². The molecule has 0 bridgehead atoms. The van der Waals surface area contributed by atoms with Gasteiger partial charge < -0.3 is 9.84 Å². The van der Waals surface area contributed by atoms with Gasteiger partial charge in [-0.1, -0.05) is 0 Å². The van der Waals surface area contributed by atoms with Gasteiger partial charge in [0.05, 0.1) is 0 Å². The van der Waals surface area contributed by atoms with Crippen molar-refractivity contribution in [2.45, 2.75) is 13.0 Å². The van der Waals surface area contributed by atoms with E-state index in [9.17, 15) is 0 Å². The number of aliphatic hydroxyl groups is 1. The van der Waals surface area contributed by atoms with Crippen LogP contribution >= 0.6 is 0 Å². The molecule has 2 nitrogen and oxygen atoms in total. The SMILES string of the molecule is OCCCOCc1ccc[cH-]1.[Fe+2].c1cc[cH-]c1. The van der Waals surface area contributed by atoms with Crippen molar-refractivity contribution in [3.8, 4) is 0 Å². The molecular weight excluding hydrogens is 256 g/mol. The van der Waals surface area contributed by atoms with Gasteiger partial charge >= 0.3 is 17.1 Å². The van der Waals surface area contributed by atoms with Gasteiger partial charge in [0.25, 0.3) is 0 Å². The Morgan fingerprint density at radius 1 is 1.12 bits per heavy atom. The summed E-state index contributed by atoms with van der Waals surface area (Å²) < 4.78 is 5.26. The molecule has 0 spiro atoms. The first-order chi connectivity index (χ1) is 7.93. The molecule has 2 rings (SSSR count). The smallest absolute Gasteiger partial charge is 0.396 e. The summed E-state index contributed by atoms with van der Waals surface area (Å²) in [6.07, 6.45) is 0.723. The van der Waals surface area contributed by atoms with Crippen LogP contribution in [0.15, 0.2) is 54.6 Å². The van der Waals surface area contributed by atoms with Crippen molar-refractivity contribution in [1.82, 2.24) is 0 Å². The number of hydrogen-bond acceptors (Lipinski definition) is 2. The number of aliphatic hydroxyl groups excluding tert-OH is 1. The van der Waals surface area contributed by atoms with E-state index < -0.39 is 0 Å². The maximum Gasteiger partial charge on any atom is 2.00 e. The molecule has 0 fully saturated rings. The maximum absolute atomic E-state index is 8.44. The average molecular weight is 274 g/mol. The molecule has 0 amide bonds. The van der Waals surface area contributed by atoms with Crippen LogP contribution in [0.25, 0.3) is 0 Å². The van der Waals surface area contributed by atoms with Gasteiger partial charge in [0.2, 0.25) is 0 Å². The second kappa shape index (κ2) is 11.6. The standard InChI is InChI=1S/C9H13O2.C5H5.Fe/c10-6-3-7-11-8-9-4-1-2-5-9;1-2-4-5-3-1;/h1-2,4-5,10H,3,6-8H2;1-5H;/q2*-1;+2. The summed E-state index contributed by atoms with van der Waals surface area (Å²) >= 11 is 0. The molecule has 0 aliphatic heterocycles. The van der Waals surface area contributed by atoms with Crippen molar-refractivity contribution in [2.24, 2.45) is 0 Å².